The molecule has 1 atom stereocenters. The van der Waals surface area contributed by atoms with Gasteiger partial charge in [0.15, 0.2) is 5.58 Å². The quantitative estimate of drug-likeness (QED) is 0.756. The molecule has 0 amide bonds. The SMILES string of the molecule is CCCNC(c1ccc2[nH]c(=O)oc2c1)c1ccc(C)o1. The smallest absolute Gasteiger partial charge is 0.417 e. The van der Waals surface area contributed by atoms with Crippen LogP contribution in [0.5, 0.6) is 0 Å². The molecule has 0 saturated heterocycles. The number of oxazole rings is 1. The molecule has 0 fully saturated rings. The van der Waals surface area contributed by atoms with Gasteiger partial charge in [0.1, 0.15) is 11.5 Å². The summed E-state index contributed by atoms with van der Waals surface area (Å²) in [5.41, 5.74) is 2.27. The van der Waals surface area contributed by atoms with Gasteiger partial charge < -0.3 is 14.2 Å². The molecule has 0 aliphatic heterocycles. The van der Waals surface area contributed by atoms with Gasteiger partial charge in [-0.1, -0.05) is 13.0 Å². The highest BCUT2D eigenvalue weighted by Gasteiger charge is 2.18. The topological polar surface area (TPSA) is 71.2 Å². The predicted molar refractivity (Wildman–Crippen MR) is 80.4 cm³/mol. The number of aryl methyl sites for hydroxylation is 1. The number of hydrogen-bond acceptors (Lipinski definition) is 4. The van der Waals surface area contributed by atoms with Gasteiger partial charge in [-0.3, -0.25) is 4.98 Å². The summed E-state index contributed by atoms with van der Waals surface area (Å²) in [6.07, 6.45) is 1.03. The maximum Gasteiger partial charge on any atom is 0.417 e. The van der Waals surface area contributed by atoms with Crippen LogP contribution in [0.4, 0.5) is 0 Å². The second-order valence-electron chi connectivity index (χ2n) is 5.11. The van der Waals surface area contributed by atoms with Crippen molar-refractivity contribution in [2.24, 2.45) is 0 Å². The third kappa shape index (κ3) is 2.78. The monoisotopic (exact) mass is 286 g/mol. The molecule has 0 aliphatic rings. The first-order chi connectivity index (χ1) is 10.2. The average molecular weight is 286 g/mol. The fourth-order valence-corrected chi connectivity index (χ4v) is 2.42. The third-order valence-electron chi connectivity index (χ3n) is 3.42. The zero-order chi connectivity index (χ0) is 14.8. The Labute approximate surface area is 122 Å². The first-order valence-electron chi connectivity index (χ1n) is 7.10. The first kappa shape index (κ1) is 13.7. The molecule has 0 saturated carbocycles. The average Bonchev–Trinajstić information content (AvgIpc) is 3.04. The minimum absolute atomic E-state index is 0.0525. The molecule has 3 rings (SSSR count). The van der Waals surface area contributed by atoms with E-state index in [4.69, 9.17) is 8.83 Å². The molecule has 5 nitrogen and oxygen atoms in total. The summed E-state index contributed by atoms with van der Waals surface area (Å²) in [5, 5.41) is 3.46. The number of rotatable bonds is 5. The Balaban J connectivity index is 2.02. The van der Waals surface area contributed by atoms with E-state index in [1.165, 1.54) is 0 Å². The van der Waals surface area contributed by atoms with Crippen LogP contribution in [0.25, 0.3) is 11.1 Å². The largest absolute Gasteiger partial charge is 0.464 e. The lowest BCUT2D eigenvalue weighted by Crippen LogP contribution is -2.22. The van der Waals surface area contributed by atoms with E-state index in [9.17, 15) is 4.79 Å². The number of aromatic amines is 1. The van der Waals surface area contributed by atoms with Crippen molar-refractivity contribution >= 4 is 11.1 Å². The molecule has 0 spiro atoms. The van der Waals surface area contributed by atoms with E-state index in [1.54, 1.807) is 0 Å². The lowest BCUT2D eigenvalue weighted by Gasteiger charge is -2.16. The van der Waals surface area contributed by atoms with Gasteiger partial charge in [-0.15, -0.1) is 0 Å². The summed E-state index contributed by atoms with van der Waals surface area (Å²) in [5.74, 6) is 1.30. The van der Waals surface area contributed by atoms with Gasteiger partial charge in [0.25, 0.3) is 0 Å². The van der Waals surface area contributed by atoms with Gasteiger partial charge in [-0.25, -0.2) is 4.79 Å². The van der Waals surface area contributed by atoms with Crippen LogP contribution in [-0.4, -0.2) is 11.5 Å². The van der Waals surface area contributed by atoms with Gasteiger partial charge in [0.2, 0.25) is 0 Å². The number of fused-ring (bicyclic) bond motifs is 1. The van der Waals surface area contributed by atoms with Crippen molar-refractivity contribution in [3.05, 3.63) is 58.0 Å². The van der Waals surface area contributed by atoms with Crippen LogP contribution in [0.3, 0.4) is 0 Å². The molecular weight excluding hydrogens is 268 g/mol. The van der Waals surface area contributed by atoms with E-state index in [0.29, 0.717) is 11.1 Å². The highest BCUT2D eigenvalue weighted by molar-refractivity contribution is 5.73. The van der Waals surface area contributed by atoms with E-state index in [2.05, 4.69) is 17.2 Å². The Bertz CT molecular complexity index is 797. The Morgan fingerprint density at radius 1 is 1.24 bits per heavy atom. The van der Waals surface area contributed by atoms with E-state index in [-0.39, 0.29) is 6.04 Å². The molecule has 1 aromatic carbocycles. The summed E-state index contributed by atoms with van der Waals surface area (Å²) in [6, 6.07) is 9.57. The summed E-state index contributed by atoms with van der Waals surface area (Å²) >= 11 is 0. The van der Waals surface area contributed by atoms with E-state index in [1.807, 2.05) is 37.3 Å². The number of H-pyrrole nitrogens is 1. The summed E-state index contributed by atoms with van der Waals surface area (Å²) in [7, 11) is 0. The zero-order valence-electron chi connectivity index (χ0n) is 12.1. The number of furan rings is 1. The molecule has 2 aromatic heterocycles. The summed E-state index contributed by atoms with van der Waals surface area (Å²) in [4.78, 5) is 13.9. The molecule has 3 aromatic rings. The van der Waals surface area contributed by atoms with Crippen molar-refractivity contribution in [1.82, 2.24) is 10.3 Å². The van der Waals surface area contributed by atoms with E-state index >= 15 is 0 Å². The van der Waals surface area contributed by atoms with Crippen LogP contribution in [0.1, 0.15) is 36.5 Å². The van der Waals surface area contributed by atoms with Crippen LogP contribution >= 0.6 is 0 Å². The molecule has 1 unspecified atom stereocenters. The van der Waals surface area contributed by atoms with Crippen LogP contribution < -0.4 is 11.1 Å². The molecule has 2 N–H and O–H groups in total. The van der Waals surface area contributed by atoms with E-state index < -0.39 is 5.76 Å². The van der Waals surface area contributed by atoms with E-state index in [0.717, 1.165) is 30.0 Å². The van der Waals surface area contributed by atoms with Crippen LogP contribution in [0.2, 0.25) is 0 Å². The van der Waals surface area contributed by atoms with Crippen molar-refractivity contribution in [1.29, 1.82) is 0 Å². The summed E-state index contributed by atoms with van der Waals surface area (Å²) in [6.45, 7) is 4.92. The Morgan fingerprint density at radius 2 is 2.10 bits per heavy atom. The Hall–Kier alpha value is -2.27. The van der Waals surface area contributed by atoms with Gasteiger partial charge in [0, 0.05) is 0 Å². The molecule has 2 heterocycles. The van der Waals surface area contributed by atoms with Crippen LogP contribution in [0.15, 0.2) is 44.0 Å². The first-order valence-corrected chi connectivity index (χ1v) is 7.10. The highest BCUT2D eigenvalue weighted by Crippen LogP contribution is 2.26. The zero-order valence-corrected chi connectivity index (χ0v) is 12.1. The van der Waals surface area contributed by atoms with Crippen molar-refractivity contribution < 1.29 is 8.83 Å². The third-order valence-corrected chi connectivity index (χ3v) is 3.42. The van der Waals surface area contributed by atoms with Crippen molar-refractivity contribution in [3.8, 4) is 0 Å². The second kappa shape index (κ2) is 5.61. The molecular formula is C16H18N2O3. The number of nitrogens with one attached hydrogen (secondary N) is 2. The molecule has 0 aliphatic carbocycles. The Kier molecular flexibility index (Phi) is 3.66. The van der Waals surface area contributed by atoms with Crippen molar-refractivity contribution in [2.75, 3.05) is 6.54 Å². The van der Waals surface area contributed by atoms with Gasteiger partial charge >= 0.3 is 5.76 Å². The predicted octanol–water partition coefficient (Wildman–Crippen LogP) is 3.11. The lowest BCUT2D eigenvalue weighted by molar-refractivity contribution is 0.430. The van der Waals surface area contributed by atoms with Crippen LogP contribution in [0, 0.1) is 6.92 Å². The van der Waals surface area contributed by atoms with Crippen LogP contribution in [-0.2, 0) is 0 Å². The maximum absolute atomic E-state index is 11.3. The van der Waals surface area contributed by atoms with Crippen molar-refractivity contribution in [3.63, 3.8) is 0 Å². The van der Waals surface area contributed by atoms with Crippen molar-refractivity contribution in [2.45, 2.75) is 26.3 Å². The molecule has 5 heteroatoms. The number of benzene rings is 1. The number of aromatic nitrogens is 1. The molecule has 0 radical (unpaired) electrons. The standard InChI is InChI=1S/C16H18N2O3/c1-3-8-17-15(13-7-4-10(2)20-13)11-5-6-12-14(9-11)21-16(19)18-12/h4-7,9,15,17H,3,8H2,1-2H3,(H,18,19). The normalized spacial score (nSPS) is 12.9. The number of hydrogen-bond donors (Lipinski definition) is 2. The lowest BCUT2D eigenvalue weighted by atomic mass is 10.0. The molecule has 0 bridgehead atoms. The Morgan fingerprint density at radius 3 is 2.81 bits per heavy atom. The fraction of sp³-hybridized carbons (Fsp3) is 0.312. The summed E-state index contributed by atoms with van der Waals surface area (Å²) < 4.78 is 10.9. The molecule has 21 heavy (non-hydrogen) atoms. The van der Waals surface area contributed by atoms with Gasteiger partial charge in [-0.2, -0.15) is 0 Å². The maximum atomic E-state index is 11.3. The van der Waals surface area contributed by atoms with Gasteiger partial charge in [-0.05, 0) is 49.7 Å². The second-order valence-corrected chi connectivity index (χ2v) is 5.11. The molecule has 110 valence electrons. The minimum atomic E-state index is -0.436. The minimum Gasteiger partial charge on any atom is -0.464 e. The van der Waals surface area contributed by atoms with Gasteiger partial charge in [0.05, 0.1) is 11.6 Å². The highest BCUT2D eigenvalue weighted by atomic mass is 16.4. The fourth-order valence-electron chi connectivity index (χ4n) is 2.42.